The first-order valence-corrected chi connectivity index (χ1v) is 9.52. The van der Waals surface area contributed by atoms with Crippen molar-refractivity contribution in [2.75, 3.05) is 7.11 Å². The van der Waals surface area contributed by atoms with E-state index in [2.05, 4.69) is 24.5 Å². The van der Waals surface area contributed by atoms with Crippen molar-refractivity contribution >= 4 is 12.0 Å². The molecule has 2 amide bonds. The fraction of sp³-hybridized carbons (Fsp3) is 0.524. The van der Waals surface area contributed by atoms with Gasteiger partial charge in [-0.3, -0.25) is 0 Å². The van der Waals surface area contributed by atoms with Gasteiger partial charge in [-0.25, -0.2) is 9.59 Å². The maximum Gasteiger partial charge on any atom is 0.338 e. The Hall–Kier alpha value is -2.50. The number of carbonyl (C=O) groups excluding carboxylic acids is 2. The summed E-state index contributed by atoms with van der Waals surface area (Å²) in [6, 6.07) is 6.44. The van der Waals surface area contributed by atoms with Crippen LogP contribution in [-0.4, -0.2) is 25.2 Å². The molecule has 27 heavy (non-hydrogen) atoms. The zero-order chi connectivity index (χ0) is 19.6. The zero-order valence-corrected chi connectivity index (χ0v) is 16.4. The third-order valence-electron chi connectivity index (χ3n) is 5.76. The topological polar surface area (TPSA) is 76.7 Å². The Morgan fingerprint density at radius 1 is 1.11 bits per heavy atom. The Morgan fingerprint density at radius 3 is 2.44 bits per heavy atom. The summed E-state index contributed by atoms with van der Waals surface area (Å²) in [5, 5.41) is 5.52. The van der Waals surface area contributed by atoms with Gasteiger partial charge in [-0.15, -0.1) is 0 Å². The summed E-state index contributed by atoms with van der Waals surface area (Å²) >= 11 is 0. The van der Waals surface area contributed by atoms with Gasteiger partial charge in [0.25, 0.3) is 0 Å². The van der Waals surface area contributed by atoms with Crippen LogP contribution in [0.25, 0.3) is 0 Å². The van der Waals surface area contributed by atoms with E-state index in [-0.39, 0.29) is 18.1 Å². The molecular formula is C21H28N2O4. The molecule has 6 nitrogen and oxygen atoms in total. The molecule has 0 unspecified atom stereocenters. The van der Waals surface area contributed by atoms with Gasteiger partial charge >= 0.3 is 12.0 Å². The highest BCUT2D eigenvalue weighted by molar-refractivity contribution is 5.95. The predicted molar refractivity (Wildman–Crippen MR) is 102 cm³/mol. The molecule has 4 atom stereocenters. The van der Waals surface area contributed by atoms with Crippen molar-refractivity contribution in [2.45, 2.75) is 52.2 Å². The molecule has 0 bridgehead atoms. The van der Waals surface area contributed by atoms with Crippen LogP contribution in [0, 0.1) is 11.8 Å². The van der Waals surface area contributed by atoms with Gasteiger partial charge in [0, 0.05) is 5.70 Å². The lowest BCUT2D eigenvalue weighted by molar-refractivity contribution is -0.147. The third kappa shape index (κ3) is 4.26. The fourth-order valence-corrected chi connectivity index (χ4v) is 3.83. The number of allylic oxidation sites excluding steroid dienone is 1. The molecule has 1 fully saturated rings. The van der Waals surface area contributed by atoms with Crippen LogP contribution in [0.2, 0.25) is 0 Å². The highest BCUT2D eigenvalue weighted by Gasteiger charge is 2.34. The number of hydrogen-bond donors (Lipinski definition) is 2. The maximum atomic E-state index is 13.0. The van der Waals surface area contributed by atoms with E-state index in [1.54, 1.807) is 14.0 Å². The molecule has 1 aliphatic heterocycles. The number of carbonyl (C=O) groups is 2. The van der Waals surface area contributed by atoms with Crippen molar-refractivity contribution in [3.05, 3.63) is 41.1 Å². The molecule has 1 aliphatic carbocycles. The predicted octanol–water partition coefficient (Wildman–Crippen LogP) is 3.69. The average molecular weight is 372 g/mol. The zero-order valence-electron chi connectivity index (χ0n) is 16.4. The van der Waals surface area contributed by atoms with E-state index in [0.29, 0.717) is 28.9 Å². The van der Waals surface area contributed by atoms with Gasteiger partial charge < -0.3 is 20.1 Å². The van der Waals surface area contributed by atoms with Crippen molar-refractivity contribution in [3.8, 4) is 5.75 Å². The second-order valence-electron chi connectivity index (χ2n) is 7.64. The second kappa shape index (κ2) is 8.03. The number of nitrogens with one attached hydrogen (secondary N) is 2. The number of benzene rings is 1. The van der Waals surface area contributed by atoms with Gasteiger partial charge in [0.05, 0.1) is 18.7 Å². The third-order valence-corrected chi connectivity index (χ3v) is 5.76. The molecule has 1 saturated carbocycles. The van der Waals surface area contributed by atoms with Crippen molar-refractivity contribution in [2.24, 2.45) is 11.8 Å². The molecule has 0 saturated heterocycles. The Morgan fingerprint density at radius 2 is 1.81 bits per heavy atom. The van der Waals surface area contributed by atoms with Gasteiger partial charge in [-0.1, -0.05) is 26.0 Å². The largest absolute Gasteiger partial charge is 0.497 e. The highest BCUT2D eigenvalue weighted by atomic mass is 16.5. The molecule has 0 radical (unpaired) electrons. The summed E-state index contributed by atoms with van der Waals surface area (Å²) in [6.07, 6.45) is 2.76. The summed E-state index contributed by atoms with van der Waals surface area (Å²) in [6.45, 7) is 6.19. The normalized spacial score (nSPS) is 28.2. The van der Waals surface area contributed by atoms with Crippen LogP contribution in [0.3, 0.4) is 0 Å². The molecule has 1 heterocycles. The van der Waals surface area contributed by atoms with Crippen LogP contribution in [0.15, 0.2) is 35.5 Å². The molecule has 3 rings (SSSR count). The summed E-state index contributed by atoms with van der Waals surface area (Å²) in [7, 11) is 1.60. The Bertz CT molecular complexity index is 741. The first-order chi connectivity index (χ1) is 12.9. The molecular weight excluding hydrogens is 344 g/mol. The summed E-state index contributed by atoms with van der Waals surface area (Å²) < 4.78 is 11.0. The van der Waals surface area contributed by atoms with Crippen molar-refractivity contribution < 1.29 is 19.1 Å². The first kappa shape index (κ1) is 19.3. The van der Waals surface area contributed by atoms with E-state index >= 15 is 0 Å². The molecule has 0 aromatic heterocycles. The lowest BCUT2D eigenvalue weighted by atomic mass is 9.80. The number of esters is 1. The first-order valence-electron chi connectivity index (χ1n) is 9.52. The molecule has 2 aliphatic rings. The van der Waals surface area contributed by atoms with Crippen LogP contribution >= 0.6 is 0 Å². The molecule has 0 spiro atoms. The van der Waals surface area contributed by atoms with Gasteiger partial charge in [0.2, 0.25) is 0 Å². The number of urea groups is 1. The van der Waals surface area contributed by atoms with Crippen LogP contribution in [0.1, 0.15) is 51.6 Å². The lowest BCUT2D eigenvalue weighted by Crippen LogP contribution is -2.45. The van der Waals surface area contributed by atoms with Gasteiger partial charge in [0.1, 0.15) is 11.9 Å². The minimum atomic E-state index is -0.544. The van der Waals surface area contributed by atoms with E-state index in [1.807, 2.05) is 24.3 Å². The van der Waals surface area contributed by atoms with E-state index in [4.69, 9.17) is 9.47 Å². The molecule has 146 valence electrons. The van der Waals surface area contributed by atoms with Gasteiger partial charge in [-0.05, 0) is 55.7 Å². The van der Waals surface area contributed by atoms with Crippen molar-refractivity contribution in [1.29, 1.82) is 0 Å². The Kier molecular flexibility index (Phi) is 5.73. The van der Waals surface area contributed by atoms with Gasteiger partial charge in [0.15, 0.2) is 0 Å². The van der Waals surface area contributed by atoms with Crippen LogP contribution in [-0.2, 0) is 9.53 Å². The summed E-state index contributed by atoms with van der Waals surface area (Å²) in [4.78, 5) is 25.0. The number of ether oxygens (including phenoxy) is 2. The Balaban J connectivity index is 1.81. The molecule has 6 heteroatoms. The van der Waals surface area contributed by atoms with Crippen LogP contribution < -0.4 is 15.4 Å². The fourth-order valence-electron chi connectivity index (χ4n) is 3.83. The van der Waals surface area contributed by atoms with E-state index in [9.17, 15) is 9.59 Å². The van der Waals surface area contributed by atoms with E-state index in [1.165, 1.54) is 0 Å². The van der Waals surface area contributed by atoms with Crippen LogP contribution in [0.4, 0.5) is 4.79 Å². The van der Waals surface area contributed by atoms with Gasteiger partial charge in [-0.2, -0.15) is 0 Å². The van der Waals surface area contributed by atoms with Crippen molar-refractivity contribution in [1.82, 2.24) is 10.6 Å². The van der Waals surface area contributed by atoms with Crippen molar-refractivity contribution in [3.63, 3.8) is 0 Å². The summed E-state index contributed by atoms with van der Waals surface area (Å²) in [5.74, 6) is 1.54. The number of rotatable bonds is 4. The molecule has 2 N–H and O–H groups in total. The maximum absolute atomic E-state index is 13.0. The standard InChI is InChI=1S/C21H28N2O4/c1-12-5-8-17(11-13(12)2)27-20(24)18-14(3)22-21(25)23-19(18)15-6-9-16(26-4)10-7-15/h6-7,9-10,12-13,17,19H,5,8,11H2,1-4H3,(H2,22,23,25)/t12-,13-,17+,19-/m0/s1. The Labute approximate surface area is 160 Å². The van der Waals surface area contributed by atoms with Crippen LogP contribution in [0.5, 0.6) is 5.75 Å². The summed E-state index contributed by atoms with van der Waals surface area (Å²) in [5.41, 5.74) is 1.79. The highest BCUT2D eigenvalue weighted by Crippen LogP contribution is 2.33. The number of hydrogen-bond acceptors (Lipinski definition) is 4. The second-order valence-corrected chi connectivity index (χ2v) is 7.64. The number of amides is 2. The molecule has 1 aromatic rings. The smallest absolute Gasteiger partial charge is 0.338 e. The minimum absolute atomic E-state index is 0.0712. The molecule has 1 aromatic carbocycles. The lowest BCUT2D eigenvalue weighted by Gasteiger charge is -2.33. The SMILES string of the molecule is COc1ccc([C@@H]2NC(=O)NC(C)=C2C(=O)O[C@@H]2CC[C@H](C)[C@@H](C)C2)cc1. The average Bonchev–Trinajstić information content (AvgIpc) is 2.64. The monoisotopic (exact) mass is 372 g/mol. The minimum Gasteiger partial charge on any atom is -0.497 e. The quantitative estimate of drug-likeness (QED) is 0.790. The van der Waals surface area contributed by atoms with E-state index < -0.39 is 6.04 Å². The van der Waals surface area contributed by atoms with E-state index in [0.717, 1.165) is 24.8 Å². The number of methoxy groups -OCH3 is 1.